The average molecular weight is 390 g/mol. The van der Waals surface area contributed by atoms with E-state index in [0.717, 1.165) is 28.4 Å². The molecule has 0 radical (unpaired) electrons. The monoisotopic (exact) mass is 390 g/mol. The van der Waals surface area contributed by atoms with Crippen molar-refractivity contribution in [2.75, 3.05) is 17.7 Å². The van der Waals surface area contributed by atoms with Gasteiger partial charge in [0.05, 0.1) is 19.0 Å². The summed E-state index contributed by atoms with van der Waals surface area (Å²) < 4.78 is 5.29. The molecule has 1 heterocycles. The number of hydrogen-bond donors (Lipinski definition) is 3. The summed E-state index contributed by atoms with van der Waals surface area (Å²) in [5.74, 6) is 0.349. The van der Waals surface area contributed by atoms with E-state index in [9.17, 15) is 9.59 Å². The van der Waals surface area contributed by atoms with Crippen LogP contribution in [0, 0.1) is 0 Å². The van der Waals surface area contributed by atoms with Crippen LogP contribution >= 0.6 is 0 Å². The summed E-state index contributed by atoms with van der Waals surface area (Å²) in [7, 11) is 1.60. The quantitative estimate of drug-likeness (QED) is 0.572. The highest BCUT2D eigenvalue weighted by Gasteiger charge is 2.09. The third-order valence-electron chi connectivity index (χ3n) is 4.12. The van der Waals surface area contributed by atoms with Crippen molar-refractivity contribution in [3.05, 3.63) is 78.1 Å². The number of carbonyl (C=O) groups is 2. The Bertz CT molecular complexity index is 986. The van der Waals surface area contributed by atoms with Gasteiger partial charge in [0.15, 0.2) is 0 Å². The standard InChI is InChI=1S/C22H22N4O3/c1-15(27)25-17-7-9-18(10-8-17)26-19-11-12-20(23-14-19)22(28)24-13-16-5-3-4-6-21(16)29-2/h3-12,14,26H,13H2,1-2H3,(H,24,28)(H,25,27). The molecule has 0 aliphatic heterocycles. The van der Waals surface area contributed by atoms with Crippen molar-refractivity contribution in [3.63, 3.8) is 0 Å². The van der Waals surface area contributed by atoms with Gasteiger partial charge in [0.25, 0.3) is 5.91 Å². The lowest BCUT2D eigenvalue weighted by Gasteiger charge is -2.10. The van der Waals surface area contributed by atoms with E-state index in [2.05, 4.69) is 20.9 Å². The SMILES string of the molecule is COc1ccccc1CNC(=O)c1ccc(Nc2ccc(NC(C)=O)cc2)cn1. The molecule has 29 heavy (non-hydrogen) atoms. The Balaban J connectivity index is 1.58. The van der Waals surface area contributed by atoms with Crippen molar-refractivity contribution in [3.8, 4) is 5.75 Å². The molecule has 0 aliphatic rings. The number of anilines is 3. The largest absolute Gasteiger partial charge is 0.496 e. The van der Waals surface area contributed by atoms with Gasteiger partial charge in [-0.1, -0.05) is 18.2 Å². The second-order valence-corrected chi connectivity index (χ2v) is 6.31. The van der Waals surface area contributed by atoms with E-state index in [-0.39, 0.29) is 11.8 Å². The Morgan fingerprint density at radius 1 is 0.931 bits per heavy atom. The molecule has 1 aromatic heterocycles. The van der Waals surface area contributed by atoms with Crippen LogP contribution in [0.4, 0.5) is 17.1 Å². The van der Waals surface area contributed by atoms with E-state index in [4.69, 9.17) is 4.74 Å². The summed E-state index contributed by atoms with van der Waals surface area (Å²) in [5, 5.41) is 8.76. The molecule has 0 fully saturated rings. The fourth-order valence-electron chi connectivity index (χ4n) is 2.72. The number of aromatic nitrogens is 1. The summed E-state index contributed by atoms with van der Waals surface area (Å²) in [6, 6.07) is 18.3. The Morgan fingerprint density at radius 2 is 1.62 bits per heavy atom. The number of methoxy groups -OCH3 is 1. The van der Waals surface area contributed by atoms with Crippen molar-refractivity contribution < 1.29 is 14.3 Å². The second-order valence-electron chi connectivity index (χ2n) is 6.31. The number of para-hydroxylation sites is 1. The zero-order valence-electron chi connectivity index (χ0n) is 16.2. The summed E-state index contributed by atoms with van der Waals surface area (Å²) in [6.45, 7) is 1.82. The Morgan fingerprint density at radius 3 is 2.28 bits per heavy atom. The molecule has 0 spiro atoms. The van der Waals surface area contributed by atoms with Crippen LogP contribution in [0.2, 0.25) is 0 Å². The minimum atomic E-state index is -0.262. The molecular weight excluding hydrogens is 368 g/mol. The van der Waals surface area contributed by atoms with Gasteiger partial charge in [0, 0.05) is 30.4 Å². The van der Waals surface area contributed by atoms with Gasteiger partial charge in [-0.05, 0) is 42.5 Å². The Labute approximate surface area is 169 Å². The number of rotatable bonds is 7. The minimum absolute atomic E-state index is 0.116. The van der Waals surface area contributed by atoms with Crippen molar-refractivity contribution in [1.29, 1.82) is 0 Å². The number of nitrogens with one attached hydrogen (secondary N) is 3. The Hall–Kier alpha value is -3.87. The highest BCUT2D eigenvalue weighted by Crippen LogP contribution is 2.19. The molecule has 148 valence electrons. The van der Waals surface area contributed by atoms with Crippen molar-refractivity contribution in [2.45, 2.75) is 13.5 Å². The number of amides is 2. The Kier molecular flexibility index (Phi) is 6.42. The number of benzene rings is 2. The maximum atomic E-state index is 12.3. The van der Waals surface area contributed by atoms with Gasteiger partial charge in [-0.3, -0.25) is 9.59 Å². The lowest BCUT2D eigenvalue weighted by Crippen LogP contribution is -2.24. The average Bonchev–Trinajstić information content (AvgIpc) is 2.74. The molecule has 3 aromatic rings. The van der Waals surface area contributed by atoms with Crippen LogP contribution in [0.3, 0.4) is 0 Å². The topological polar surface area (TPSA) is 92.4 Å². The predicted octanol–water partition coefficient (Wildman–Crippen LogP) is 3.72. The molecular formula is C22H22N4O3. The third kappa shape index (κ3) is 5.55. The lowest BCUT2D eigenvalue weighted by molar-refractivity contribution is -0.114. The van der Waals surface area contributed by atoms with E-state index in [1.165, 1.54) is 6.92 Å². The number of carbonyl (C=O) groups excluding carboxylic acids is 2. The van der Waals surface area contributed by atoms with Gasteiger partial charge in [0.1, 0.15) is 11.4 Å². The van der Waals surface area contributed by atoms with Crippen LogP contribution in [0.25, 0.3) is 0 Å². The van der Waals surface area contributed by atoms with Gasteiger partial charge in [-0.15, -0.1) is 0 Å². The first kappa shape index (κ1) is 19.9. The number of ether oxygens (including phenoxy) is 1. The highest BCUT2D eigenvalue weighted by atomic mass is 16.5. The van der Waals surface area contributed by atoms with Crippen molar-refractivity contribution >= 4 is 28.9 Å². The zero-order chi connectivity index (χ0) is 20.6. The summed E-state index contributed by atoms with van der Waals surface area (Å²) >= 11 is 0. The van der Waals surface area contributed by atoms with Crippen LogP contribution in [0.1, 0.15) is 23.0 Å². The van der Waals surface area contributed by atoms with E-state index in [1.807, 2.05) is 36.4 Å². The lowest BCUT2D eigenvalue weighted by atomic mass is 10.2. The smallest absolute Gasteiger partial charge is 0.270 e. The van der Waals surface area contributed by atoms with Gasteiger partial charge in [0.2, 0.25) is 5.91 Å². The molecule has 0 saturated carbocycles. The van der Waals surface area contributed by atoms with Crippen LogP contribution in [0.15, 0.2) is 66.9 Å². The molecule has 7 nitrogen and oxygen atoms in total. The summed E-state index contributed by atoms with van der Waals surface area (Å²) in [6.07, 6.45) is 1.60. The maximum Gasteiger partial charge on any atom is 0.270 e. The number of nitrogens with zero attached hydrogens (tertiary/aromatic N) is 1. The van der Waals surface area contributed by atoms with Gasteiger partial charge in [-0.2, -0.15) is 0 Å². The third-order valence-corrected chi connectivity index (χ3v) is 4.12. The molecule has 3 rings (SSSR count). The molecule has 3 N–H and O–H groups in total. The second kappa shape index (κ2) is 9.36. The number of hydrogen-bond acceptors (Lipinski definition) is 5. The summed E-state index contributed by atoms with van der Waals surface area (Å²) in [5.41, 5.74) is 3.53. The van der Waals surface area contributed by atoms with Crippen LogP contribution in [-0.2, 0) is 11.3 Å². The fourth-order valence-corrected chi connectivity index (χ4v) is 2.72. The molecule has 0 saturated heterocycles. The minimum Gasteiger partial charge on any atom is -0.496 e. The van der Waals surface area contributed by atoms with E-state index >= 15 is 0 Å². The van der Waals surface area contributed by atoms with Crippen LogP contribution in [0.5, 0.6) is 5.75 Å². The molecule has 2 aromatic carbocycles. The van der Waals surface area contributed by atoms with E-state index in [1.54, 1.807) is 37.6 Å². The van der Waals surface area contributed by atoms with Crippen LogP contribution < -0.4 is 20.7 Å². The van der Waals surface area contributed by atoms with Crippen LogP contribution in [-0.4, -0.2) is 23.9 Å². The van der Waals surface area contributed by atoms with Gasteiger partial charge in [-0.25, -0.2) is 4.98 Å². The normalized spacial score (nSPS) is 10.1. The first-order valence-corrected chi connectivity index (χ1v) is 9.06. The first-order valence-electron chi connectivity index (χ1n) is 9.06. The highest BCUT2D eigenvalue weighted by molar-refractivity contribution is 5.92. The molecule has 2 amide bonds. The predicted molar refractivity (Wildman–Crippen MR) is 112 cm³/mol. The fraction of sp³-hybridized carbons (Fsp3) is 0.136. The van der Waals surface area contributed by atoms with Gasteiger partial charge < -0.3 is 20.7 Å². The molecule has 0 atom stereocenters. The van der Waals surface area contributed by atoms with Crippen molar-refractivity contribution in [1.82, 2.24) is 10.3 Å². The molecule has 0 unspecified atom stereocenters. The number of pyridine rings is 1. The molecule has 0 aliphatic carbocycles. The zero-order valence-corrected chi connectivity index (χ0v) is 16.2. The maximum absolute atomic E-state index is 12.3. The molecule has 0 bridgehead atoms. The van der Waals surface area contributed by atoms with Gasteiger partial charge >= 0.3 is 0 Å². The first-order chi connectivity index (χ1) is 14.0. The van der Waals surface area contributed by atoms with Crippen molar-refractivity contribution in [2.24, 2.45) is 0 Å². The molecule has 7 heteroatoms. The van der Waals surface area contributed by atoms with E-state index in [0.29, 0.717) is 12.2 Å². The summed E-state index contributed by atoms with van der Waals surface area (Å²) in [4.78, 5) is 27.6. The van der Waals surface area contributed by atoms with E-state index < -0.39 is 0 Å².